The summed E-state index contributed by atoms with van der Waals surface area (Å²) in [5.41, 5.74) is 1.62. The van der Waals surface area contributed by atoms with Gasteiger partial charge in [0.1, 0.15) is 11.4 Å². The molecule has 0 aliphatic heterocycles. The Morgan fingerprint density at radius 3 is 2.80 bits per heavy atom. The van der Waals surface area contributed by atoms with Gasteiger partial charge in [-0.15, -0.1) is 0 Å². The number of hydrogen-bond donors (Lipinski definition) is 1. The molecule has 15 heavy (non-hydrogen) atoms. The largest absolute Gasteiger partial charge is 0.342 e. The Morgan fingerprint density at radius 1 is 1.33 bits per heavy atom. The SMILES string of the molecule is O=Cc1[nH]cnc1-c1ccc(Cl)cc1Cl. The molecule has 3 nitrogen and oxygen atoms in total. The summed E-state index contributed by atoms with van der Waals surface area (Å²) in [6.07, 6.45) is 2.15. The van der Waals surface area contributed by atoms with E-state index in [4.69, 9.17) is 23.2 Å². The van der Waals surface area contributed by atoms with Gasteiger partial charge in [-0.05, 0) is 18.2 Å². The maximum Gasteiger partial charge on any atom is 0.168 e. The van der Waals surface area contributed by atoms with Crippen LogP contribution in [0.3, 0.4) is 0 Å². The van der Waals surface area contributed by atoms with Gasteiger partial charge in [-0.1, -0.05) is 23.2 Å². The minimum atomic E-state index is 0.402. The van der Waals surface area contributed by atoms with Gasteiger partial charge in [-0.3, -0.25) is 4.79 Å². The van der Waals surface area contributed by atoms with Crippen molar-refractivity contribution in [2.75, 3.05) is 0 Å². The summed E-state index contributed by atoms with van der Waals surface area (Å²) in [5, 5.41) is 1.02. The van der Waals surface area contributed by atoms with Crippen LogP contribution in [0, 0.1) is 0 Å². The average Bonchev–Trinajstić information content (AvgIpc) is 2.65. The number of aromatic amines is 1. The predicted octanol–water partition coefficient (Wildman–Crippen LogP) is 3.20. The molecule has 0 aliphatic rings. The van der Waals surface area contributed by atoms with E-state index in [1.54, 1.807) is 18.2 Å². The number of nitrogens with zero attached hydrogens (tertiary/aromatic N) is 1. The van der Waals surface area contributed by atoms with Gasteiger partial charge in [0.2, 0.25) is 0 Å². The number of hydrogen-bond acceptors (Lipinski definition) is 2. The fourth-order valence-corrected chi connectivity index (χ4v) is 1.79. The van der Waals surface area contributed by atoms with Crippen LogP contribution in [0.2, 0.25) is 10.0 Å². The third kappa shape index (κ3) is 1.89. The Hall–Kier alpha value is -1.32. The molecule has 0 saturated heterocycles. The summed E-state index contributed by atoms with van der Waals surface area (Å²) >= 11 is 11.8. The van der Waals surface area contributed by atoms with Gasteiger partial charge in [0.15, 0.2) is 6.29 Å². The van der Waals surface area contributed by atoms with E-state index in [2.05, 4.69) is 9.97 Å². The average molecular weight is 241 g/mol. The summed E-state index contributed by atoms with van der Waals surface area (Å²) in [6.45, 7) is 0. The number of halogens is 2. The molecule has 5 heteroatoms. The van der Waals surface area contributed by atoms with Crippen LogP contribution in [-0.2, 0) is 0 Å². The van der Waals surface area contributed by atoms with Crippen molar-refractivity contribution in [3.8, 4) is 11.3 Å². The van der Waals surface area contributed by atoms with Crippen molar-refractivity contribution in [3.63, 3.8) is 0 Å². The number of aromatic nitrogens is 2. The lowest BCUT2D eigenvalue weighted by Crippen LogP contribution is -1.86. The molecule has 2 aromatic rings. The van der Waals surface area contributed by atoms with Gasteiger partial charge in [-0.25, -0.2) is 4.98 Å². The molecule has 0 radical (unpaired) electrons. The maximum atomic E-state index is 10.7. The molecular formula is C10H6Cl2N2O. The van der Waals surface area contributed by atoms with Crippen molar-refractivity contribution in [1.29, 1.82) is 0 Å². The van der Waals surface area contributed by atoms with Crippen LogP contribution >= 0.6 is 23.2 Å². The predicted molar refractivity (Wildman–Crippen MR) is 59.4 cm³/mol. The highest BCUT2D eigenvalue weighted by Gasteiger charge is 2.10. The molecule has 1 aromatic heterocycles. The topological polar surface area (TPSA) is 45.8 Å². The van der Waals surface area contributed by atoms with Gasteiger partial charge in [0.25, 0.3) is 0 Å². The molecule has 2 rings (SSSR count). The first kappa shape index (κ1) is 10.2. The number of imidazole rings is 1. The van der Waals surface area contributed by atoms with E-state index in [9.17, 15) is 4.79 Å². The lowest BCUT2D eigenvalue weighted by atomic mass is 10.1. The zero-order valence-corrected chi connectivity index (χ0v) is 9.01. The molecule has 0 spiro atoms. The second-order valence-corrected chi connectivity index (χ2v) is 3.75. The molecule has 0 aliphatic carbocycles. The summed E-state index contributed by atoms with van der Waals surface area (Å²) in [5.74, 6) is 0. The molecule has 0 unspecified atom stereocenters. The van der Waals surface area contributed by atoms with Crippen LogP contribution in [0.15, 0.2) is 24.5 Å². The second kappa shape index (κ2) is 4.04. The van der Waals surface area contributed by atoms with E-state index in [-0.39, 0.29) is 0 Å². The summed E-state index contributed by atoms with van der Waals surface area (Å²) < 4.78 is 0. The fourth-order valence-electron chi connectivity index (χ4n) is 1.29. The molecule has 0 fully saturated rings. The minimum absolute atomic E-state index is 0.402. The van der Waals surface area contributed by atoms with E-state index in [1.807, 2.05) is 0 Å². The third-order valence-electron chi connectivity index (χ3n) is 1.97. The van der Waals surface area contributed by atoms with Crippen molar-refractivity contribution in [3.05, 3.63) is 40.3 Å². The van der Waals surface area contributed by atoms with Gasteiger partial charge < -0.3 is 4.98 Å². The van der Waals surface area contributed by atoms with Crippen LogP contribution in [-0.4, -0.2) is 16.3 Å². The van der Waals surface area contributed by atoms with Crippen molar-refractivity contribution >= 4 is 29.5 Å². The molecular weight excluding hydrogens is 235 g/mol. The monoisotopic (exact) mass is 240 g/mol. The van der Waals surface area contributed by atoms with E-state index in [0.29, 0.717) is 33.3 Å². The highest BCUT2D eigenvalue weighted by atomic mass is 35.5. The Bertz CT molecular complexity index is 508. The van der Waals surface area contributed by atoms with Crippen LogP contribution in [0.4, 0.5) is 0 Å². The molecule has 0 atom stereocenters. The molecule has 0 amide bonds. The first-order chi connectivity index (χ1) is 7.22. The lowest BCUT2D eigenvalue weighted by molar-refractivity contribution is 0.112. The second-order valence-electron chi connectivity index (χ2n) is 2.91. The van der Waals surface area contributed by atoms with Gasteiger partial charge in [-0.2, -0.15) is 0 Å². The Labute approximate surface area is 96.1 Å². The van der Waals surface area contributed by atoms with Crippen molar-refractivity contribution in [1.82, 2.24) is 9.97 Å². The standard InChI is InChI=1S/C10H6Cl2N2O/c11-6-1-2-7(8(12)3-6)10-9(4-15)13-5-14-10/h1-5H,(H,13,14). The van der Waals surface area contributed by atoms with Crippen molar-refractivity contribution in [2.45, 2.75) is 0 Å². The Balaban J connectivity index is 2.59. The van der Waals surface area contributed by atoms with E-state index in [1.165, 1.54) is 6.33 Å². The van der Waals surface area contributed by atoms with Crippen molar-refractivity contribution in [2.24, 2.45) is 0 Å². The Morgan fingerprint density at radius 2 is 2.13 bits per heavy atom. The van der Waals surface area contributed by atoms with Crippen molar-refractivity contribution < 1.29 is 4.79 Å². The lowest BCUT2D eigenvalue weighted by Gasteiger charge is -2.01. The number of carbonyl (C=O) groups is 1. The smallest absolute Gasteiger partial charge is 0.168 e. The highest BCUT2D eigenvalue weighted by Crippen LogP contribution is 2.30. The molecule has 0 bridgehead atoms. The number of carbonyl (C=O) groups excluding carboxylic acids is 1. The molecule has 0 saturated carbocycles. The van der Waals surface area contributed by atoms with Gasteiger partial charge >= 0.3 is 0 Å². The normalized spacial score (nSPS) is 10.3. The third-order valence-corrected chi connectivity index (χ3v) is 2.52. The van der Waals surface area contributed by atoms with E-state index in [0.717, 1.165) is 0 Å². The fraction of sp³-hybridized carbons (Fsp3) is 0. The van der Waals surface area contributed by atoms with E-state index < -0.39 is 0 Å². The zero-order valence-electron chi connectivity index (χ0n) is 7.50. The van der Waals surface area contributed by atoms with Crippen LogP contribution in [0.25, 0.3) is 11.3 Å². The maximum absolute atomic E-state index is 10.7. The molecule has 1 aromatic carbocycles. The van der Waals surface area contributed by atoms with Gasteiger partial charge in [0, 0.05) is 10.6 Å². The summed E-state index contributed by atoms with van der Waals surface area (Å²) in [7, 11) is 0. The molecule has 1 N–H and O–H groups in total. The number of H-pyrrole nitrogens is 1. The van der Waals surface area contributed by atoms with Crippen LogP contribution in [0.1, 0.15) is 10.5 Å². The summed E-state index contributed by atoms with van der Waals surface area (Å²) in [6, 6.07) is 5.04. The molecule has 76 valence electrons. The van der Waals surface area contributed by atoms with E-state index >= 15 is 0 Å². The number of rotatable bonds is 2. The first-order valence-corrected chi connectivity index (χ1v) is 4.92. The Kier molecular flexibility index (Phi) is 2.75. The van der Waals surface area contributed by atoms with Crippen LogP contribution in [0.5, 0.6) is 0 Å². The number of benzene rings is 1. The quantitative estimate of drug-likeness (QED) is 0.820. The summed E-state index contributed by atoms with van der Waals surface area (Å²) in [4.78, 5) is 17.5. The number of aldehydes is 1. The first-order valence-electron chi connectivity index (χ1n) is 4.16. The van der Waals surface area contributed by atoms with Gasteiger partial charge in [0.05, 0.1) is 11.3 Å². The minimum Gasteiger partial charge on any atom is -0.342 e. The highest BCUT2D eigenvalue weighted by molar-refractivity contribution is 6.36. The zero-order chi connectivity index (χ0) is 10.8. The molecule has 1 heterocycles. The number of nitrogens with one attached hydrogen (secondary N) is 1. The van der Waals surface area contributed by atoms with Crippen LogP contribution < -0.4 is 0 Å².